The Morgan fingerprint density at radius 1 is 1.29 bits per heavy atom. The number of hydrogen-bond donors (Lipinski definition) is 1. The van der Waals surface area contributed by atoms with Crippen molar-refractivity contribution >= 4 is 5.91 Å². The van der Waals surface area contributed by atoms with E-state index in [1.54, 1.807) is 0 Å². The van der Waals surface area contributed by atoms with Crippen LogP contribution in [0.4, 0.5) is 0 Å². The van der Waals surface area contributed by atoms with E-state index >= 15 is 0 Å². The molecular formula is C17H26N2O2. The predicted octanol–water partition coefficient (Wildman–Crippen LogP) is 2.36. The van der Waals surface area contributed by atoms with Gasteiger partial charge in [-0.3, -0.25) is 4.79 Å². The second-order valence-corrected chi connectivity index (χ2v) is 5.81. The lowest BCUT2D eigenvalue weighted by Crippen LogP contribution is -2.38. The van der Waals surface area contributed by atoms with Gasteiger partial charge in [-0.25, -0.2) is 0 Å². The third-order valence-corrected chi connectivity index (χ3v) is 4.02. The number of benzene rings is 1. The maximum Gasteiger partial charge on any atom is 0.263 e. The topological polar surface area (TPSA) is 55.6 Å². The molecule has 1 saturated heterocycles. The first-order chi connectivity index (χ1) is 10.1. The molecule has 0 spiro atoms. The predicted molar refractivity (Wildman–Crippen MR) is 84.3 cm³/mol. The van der Waals surface area contributed by atoms with E-state index in [-0.39, 0.29) is 11.9 Å². The van der Waals surface area contributed by atoms with E-state index in [9.17, 15) is 4.79 Å². The van der Waals surface area contributed by atoms with E-state index in [0.717, 1.165) is 44.5 Å². The smallest absolute Gasteiger partial charge is 0.263 e. The first-order valence-electron chi connectivity index (χ1n) is 7.90. The quantitative estimate of drug-likeness (QED) is 0.875. The molecule has 0 bridgehead atoms. The SMILES string of the molecule is CCC(N)Cc1ccc(OC(C)C(=O)N2CCCC2)cc1. The van der Waals surface area contributed by atoms with Gasteiger partial charge in [-0.15, -0.1) is 0 Å². The van der Waals surface area contributed by atoms with Crippen molar-refractivity contribution in [3.05, 3.63) is 29.8 Å². The number of nitrogens with two attached hydrogens (primary N) is 1. The number of amides is 1. The average Bonchev–Trinajstić information content (AvgIpc) is 3.02. The molecule has 1 aliphatic heterocycles. The van der Waals surface area contributed by atoms with Crippen LogP contribution in [-0.4, -0.2) is 36.0 Å². The second-order valence-electron chi connectivity index (χ2n) is 5.81. The molecule has 4 heteroatoms. The Bertz CT molecular complexity index is 452. The maximum atomic E-state index is 12.2. The lowest BCUT2D eigenvalue weighted by atomic mass is 10.0. The highest BCUT2D eigenvalue weighted by molar-refractivity contribution is 5.81. The molecule has 2 unspecified atom stereocenters. The van der Waals surface area contributed by atoms with Gasteiger partial charge in [0.05, 0.1) is 0 Å². The summed E-state index contributed by atoms with van der Waals surface area (Å²) < 4.78 is 5.75. The van der Waals surface area contributed by atoms with E-state index in [2.05, 4.69) is 6.92 Å². The second kappa shape index (κ2) is 7.46. The molecule has 1 heterocycles. The number of hydrogen-bond acceptors (Lipinski definition) is 3. The van der Waals surface area contributed by atoms with Crippen LogP contribution in [0.1, 0.15) is 38.7 Å². The van der Waals surface area contributed by atoms with Gasteiger partial charge in [0.25, 0.3) is 5.91 Å². The van der Waals surface area contributed by atoms with Crippen molar-refractivity contribution in [2.75, 3.05) is 13.1 Å². The number of ether oxygens (including phenoxy) is 1. The zero-order valence-corrected chi connectivity index (χ0v) is 13.0. The lowest BCUT2D eigenvalue weighted by Gasteiger charge is -2.21. The van der Waals surface area contributed by atoms with Gasteiger partial charge in [0, 0.05) is 19.1 Å². The molecule has 0 aromatic heterocycles. The standard InChI is InChI=1S/C17H26N2O2/c1-3-15(18)12-14-6-8-16(9-7-14)21-13(2)17(20)19-10-4-5-11-19/h6-9,13,15H,3-5,10-12,18H2,1-2H3. The molecule has 1 aromatic carbocycles. The molecule has 1 fully saturated rings. The molecule has 1 amide bonds. The number of nitrogens with zero attached hydrogens (tertiary/aromatic N) is 1. The van der Waals surface area contributed by atoms with Crippen molar-refractivity contribution in [1.29, 1.82) is 0 Å². The van der Waals surface area contributed by atoms with Gasteiger partial charge in [0.15, 0.2) is 6.10 Å². The van der Waals surface area contributed by atoms with Crippen molar-refractivity contribution < 1.29 is 9.53 Å². The van der Waals surface area contributed by atoms with E-state index in [4.69, 9.17) is 10.5 Å². The van der Waals surface area contributed by atoms with Crippen LogP contribution in [0.2, 0.25) is 0 Å². The van der Waals surface area contributed by atoms with Crippen LogP contribution in [0.15, 0.2) is 24.3 Å². The summed E-state index contributed by atoms with van der Waals surface area (Å²) in [6.45, 7) is 5.64. The van der Waals surface area contributed by atoms with Crippen molar-refractivity contribution in [2.24, 2.45) is 5.73 Å². The monoisotopic (exact) mass is 290 g/mol. The van der Waals surface area contributed by atoms with Crippen molar-refractivity contribution in [2.45, 2.75) is 51.7 Å². The third kappa shape index (κ3) is 4.46. The van der Waals surface area contributed by atoms with E-state index in [0.29, 0.717) is 0 Å². The highest BCUT2D eigenvalue weighted by Crippen LogP contribution is 2.17. The van der Waals surface area contributed by atoms with Crippen molar-refractivity contribution in [3.63, 3.8) is 0 Å². The zero-order valence-electron chi connectivity index (χ0n) is 13.0. The van der Waals surface area contributed by atoms with E-state index < -0.39 is 6.10 Å². The molecular weight excluding hydrogens is 264 g/mol. The van der Waals surface area contributed by atoms with Crippen LogP contribution >= 0.6 is 0 Å². The Balaban J connectivity index is 1.88. The summed E-state index contributed by atoms with van der Waals surface area (Å²) in [6, 6.07) is 8.10. The van der Waals surface area contributed by atoms with Gasteiger partial charge in [0.2, 0.25) is 0 Å². The van der Waals surface area contributed by atoms with Crippen LogP contribution in [-0.2, 0) is 11.2 Å². The minimum Gasteiger partial charge on any atom is -0.481 e. The summed E-state index contributed by atoms with van der Waals surface area (Å²) in [5.41, 5.74) is 7.16. The third-order valence-electron chi connectivity index (χ3n) is 4.02. The lowest BCUT2D eigenvalue weighted by molar-refractivity contribution is -0.136. The Hall–Kier alpha value is -1.55. The Kier molecular flexibility index (Phi) is 5.62. The molecule has 0 saturated carbocycles. The minimum absolute atomic E-state index is 0.0876. The summed E-state index contributed by atoms with van der Waals surface area (Å²) in [6.07, 6.45) is 3.63. The van der Waals surface area contributed by atoms with E-state index in [1.165, 1.54) is 5.56 Å². The first kappa shape index (κ1) is 15.8. The van der Waals surface area contributed by atoms with Crippen LogP contribution in [0.5, 0.6) is 5.75 Å². The van der Waals surface area contributed by atoms with Gasteiger partial charge in [-0.05, 0) is 50.3 Å². The highest BCUT2D eigenvalue weighted by atomic mass is 16.5. The molecule has 4 nitrogen and oxygen atoms in total. The number of carbonyl (C=O) groups excluding carboxylic acids is 1. The molecule has 2 atom stereocenters. The van der Waals surface area contributed by atoms with Gasteiger partial charge in [-0.1, -0.05) is 19.1 Å². The van der Waals surface area contributed by atoms with Gasteiger partial charge in [-0.2, -0.15) is 0 Å². The van der Waals surface area contributed by atoms with E-state index in [1.807, 2.05) is 36.1 Å². The zero-order chi connectivity index (χ0) is 15.2. The minimum atomic E-state index is -0.424. The highest BCUT2D eigenvalue weighted by Gasteiger charge is 2.24. The van der Waals surface area contributed by atoms with Gasteiger partial charge >= 0.3 is 0 Å². The van der Waals surface area contributed by atoms with Crippen LogP contribution in [0.3, 0.4) is 0 Å². The summed E-state index contributed by atoms with van der Waals surface area (Å²) >= 11 is 0. The first-order valence-corrected chi connectivity index (χ1v) is 7.90. The Labute approximate surface area is 127 Å². The fourth-order valence-corrected chi connectivity index (χ4v) is 2.60. The van der Waals surface area contributed by atoms with Crippen LogP contribution < -0.4 is 10.5 Å². The normalized spacial score (nSPS) is 17.6. The van der Waals surface area contributed by atoms with Crippen molar-refractivity contribution in [3.8, 4) is 5.75 Å². The average molecular weight is 290 g/mol. The molecule has 0 aliphatic carbocycles. The van der Waals surface area contributed by atoms with Gasteiger partial charge in [0.1, 0.15) is 5.75 Å². The van der Waals surface area contributed by atoms with Gasteiger partial charge < -0.3 is 15.4 Å². The molecule has 1 aromatic rings. The molecule has 21 heavy (non-hydrogen) atoms. The summed E-state index contributed by atoms with van der Waals surface area (Å²) in [5, 5.41) is 0. The maximum absolute atomic E-state index is 12.2. The molecule has 1 aliphatic rings. The van der Waals surface area contributed by atoms with Crippen molar-refractivity contribution in [1.82, 2.24) is 4.90 Å². The summed E-state index contributed by atoms with van der Waals surface area (Å²) in [7, 11) is 0. The summed E-state index contributed by atoms with van der Waals surface area (Å²) in [5.74, 6) is 0.827. The Morgan fingerprint density at radius 3 is 2.48 bits per heavy atom. The van der Waals surface area contributed by atoms with Crippen LogP contribution in [0, 0.1) is 0 Å². The molecule has 2 N–H and O–H groups in total. The number of carbonyl (C=O) groups is 1. The number of rotatable bonds is 6. The largest absolute Gasteiger partial charge is 0.481 e. The molecule has 116 valence electrons. The summed E-state index contributed by atoms with van der Waals surface area (Å²) in [4.78, 5) is 14.1. The fourth-order valence-electron chi connectivity index (χ4n) is 2.60. The molecule has 0 radical (unpaired) electrons. The number of likely N-dealkylation sites (tertiary alicyclic amines) is 1. The molecule has 2 rings (SSSR count). The fraction of sp³-hybridized carbons (Fsp3) is 0.588. The van der Waals surface area contributed by atoms with Crippen LogP contribution in [0.25, 0.3) is 0 Å². The Morgan fingerprint density at radius 2 is 1.90 bits per heavy atom.